The average molecular weight is 262 g/mol. The van der Waals surface area contributed by atoms with Crippen molar-refractivity contribution < 1.29 is 9.53 Å². The molecule has 2 N–H and O–H groups in total. The predicted octanol–water partition coefficient (Wildman–Crippen LogP) is 2.23. The van der Waals surface area contributed by atoms with Gasteiger partial charge in [-0.05, 0) is 31.9 Å². The van der Waals surface area contributed by atoms with E-state index < -0.39 is 0 Å². The van der Waals surface area contributed by atoms with Crippen LogP contribution in [0.2, 0.25) is 0 Å². The van der Waals surface area contributed by atoms with Crippen LogP contribution in [0.3, 0.4) is 0 Å². The van der Waals surface area contributed by atoms with E-state index >= 15 is 0 Å². The zero-order chi connectivity index (χ0) is 13.9. The van der Waals surface area contributed by atoms with E-state index in [0.717, 1.165) is 6.42 Å². The molecule has 1 aliphatic rings. The van der Waals surface area contributed by atoms with Crippen LogP contribution in [-0.4, -0.2) is 24.2 Å². The van der Waals surface area contributed by atoms with E-state index in [4.69, 9.17) is 4.74 Å². The molecule has 0 fully saturated rings. The maximum absolute atomic E-state index is 11.7. The second kappa shape index (κ2) is 5.61. The highest BCUT2D eigenvalue weighted by atomic mass is 16.5. The Hall–Kier alpha value is -1.55. The van der Waals surface area contributed by atoms with Crippen LogP contribution in [0.15, 0.2) is 24.3 Å². The molecule has 2 rings (SSSR count). The Bertz CT molecular complexity index is 452. The maximum atomic E-state index is 11.7. The van der Waals surface area contributed by atoms with Crippen LogP contribution in [0.4, 0.5) is 4.79 Å². The van der Waals surface area contributed by atoms with Crippen molar-refractivity contribution >= 4 is 6.03 Å². The first-order chi connectivity index (χ1) is 8.94. The monoisotopic (exact) mass is 262 g/mol. The SMILES string of the molecule is CC(C)(C)NC(=O)NCC1Cc2ccccc2CO1. The third kappa shape index (κ3) is 4.24. The van der Waals surface area contributed by atoms with Crippen molar-refractivity contribution in [2.45, 2.75) is 45.4 Å². The zero-order valence-corrected chi connectivity index (χ0v) is 11.8. The molecule has 0 aromatic heterocycles. The molecule has 0 aliphatic carbocycles. The van der Waals surface area contributed by atoms with Crippen LogP contribution < -0.4 is 10.6 Å². The number of benzene rings is 1. The number of ether oxygens (including phenoxy) is 1. The average Bonchev–Trinajstić information content (AvgIpc) is 2.34. The third-order valence-corrected chi connectivity index (χ3v) is 3.02. The van der Waals surface area contributed by atoms with E-state index in [0.29, 0.717) is 13.2 Å². The van der Waals surface area contributed by atoms with Crippen LogP contribution in [0, 0.1) is 0 Å². The number of rotatable bonds is 2. The molecule has 4 heteroatoms. The number of hydrogen-bond acceptors (Lipinski definition) is 2. The Balaban J connectivity index is 1.81. The molecule has 1 aromatic rings. The summed E-state index contributed by atoms with van der Waals surface area (Å²) in [5.74, 6) is 0. The van der Waals surface area contributed by atoms with E-state index in [1.54, 1.807) is 0 Å². The van der Waals surface area contributed by atoms with E-state index in [1.165, 1.54) is 11.1 Å². The lowest BCUT2D eigenvalue weighted by atomic mass is 9.99. The molecule has 104 valence electrons. The molecule has 1 atom stereocenters. The van der Waals surface area contributed by atoms with Crippen molar-refractivity contribution in [1.82, 2.24) is 10.6 Å². The summed E-state index contributed by atoms with van der Waals surface area (Å²) in [4.78, 5) is 11.7. The fourth-order valence-corrected chi connectivity index (χ4v) is 2.13. The van der Waals surface area contributed by atoms with Crippen molar-refractivity contribution in [3.05, 3.63) is 35.4 Å². The van der Waals surface area contributed by atoms with E-state index in [2.05, 4.69) is 22.8 Å². The summed E-state index contributed by atoms with van der Waals surface area (Å²) in [7, 11) is 0. The van der Waals surface area contributed by atoms with Gasteiger partial charge in [0.05, 0.1) is 12.7 Å². The standard InChI is InChI=1S/C15H22N2O2/c1-15(2,3)17-14(18)16-9-13-8-11-6-4-5-7-12(11)10-19-13/h4-7,13H,8-10H2,1-3H3,(H2,16,17,18). The summed E-state index contributed by atoms with van der Waals surface area (Å²) in [5.41, 5.74) is 2.35. The minimum absolute atomic E-state index is 0.0561. The highest BCUT2D eigenvalue weighted by Gasteiger charge is 2.20. The normalized spacial score (nSPS) is 18.6. The fraction of sp³-hybridized carbons (Fsp3) is 0.533. The summed E-state index contributed by atoms with van der Waals surface area (Å²) >= 11 is 0. The molecule has 2 amide bonds. The molecule has 1 unspecified atom stereocenters. The predicted molar refractivity (Wildman–Crippen MR) is 75.0 cm³/mol. The maximum Gasteiger partial charge on any atom is 0.315 e. The van der Waals surface area contributed by atoms with Gasteiger partial charge in [0, 0.05) is 18.5 Å². The number of nitrogens with one attached hydrogen (secondary N) is 2. The Morgan fingerprint density at radius 1 is 1.32 bits per heavy atom. The summed E-state index contributed by atoms with van der Waals surface area (Å²) < 4.78 is 5.74. The highest BCUT2D eigenvalue weighted by Crippen LogP contribution is 2.19. The third-order valence-electron chi connectivity index (χ3n) is 3.02. The number of urea groups is 1. The van der Waals surface area contributed by atoms with Crippen molar-refractivity contribution in [3.63, 3.8) is 0 Å². The second-order valence-corrected chi connectivity index (χ2v) is 5.99. The minimum atomic E-state index is -0.218. The summed E-state index contributed by atoms with van der Waals surface area (Å²) in [6, 6.07) is 8.14. The molecule has 0 bridgehead atoms. The Labute approximate surface area is 114 Å². The van der Waals surface area contributed by atoms with Crippen LogP contribution >= 0.6 is 0 Å². The first-order valence-corrected chi connectivity index (χ1v) is 6.68. The van der Waals surface area contributed by atoms with Gasteiger partial charge >= 0.3 is 6.03 Å². The lowest BCUT2D eigenvalue weighted by Crippen LogP contribution is -2.48. The smallest absolute Gasteiger partial charge is 0.315 e. The lowest BCUT2D eigenvalue weighted by molar-refractivity contribution is 0.0304. The molecule has 4 nitrogen and oxygen atoms in total. The molecule has 0 saturated carbocycles. The van der Waals surface area contributed by atoms with Gasteiger partial charge in [-0.3, -0.25) is 0 Å². The zero-order valence-electron chi connectivity index (χ0n) is 11.8. The molecular weight excluding hydrogens is 240 g/mol. The molecule has 0 saturated heterocycles. The van der Waals surface area contributed by atoms with Crippen LogP contribution in [0.1, 0.15) is 31.9 Å². The van der Waals surface area contributed by atoms with Crippen molar-refractivity contribution in [2.24, 2.45) is 0 Å². The van der Waals surface area contributed by atoms with Gasteiger partial charge in [0.25, 0.3) is 0 Å². The van der Waals surface area contributed by atoms with Crippen molar-refractivity contribution in [3.8, 4) is 0 Å². The largest absolute Gasteiger partial charge is 0.371 e. The van der Waals surface area contributed by atoms with Crippen LogP contribution in [0.25, 0.3) is 0 Å². The van der Waals surface area contributed by atoms with Gasteiger partial charge in [0.15, 0.2) is 0 Å². The topological polar surface area (TPSA) is 50.4 Å². The van der Waals surface area contributed by atoms with Gasteiger partial charge in [-0.2, -0.15) is 0 Å². The first kappa shape index (κ1) is 13.9. The second-order valence-electron chi connectivity index (χ2n) is 5.99. The molecule has 1 heterocycles. The van der Waals surface area contributed by atoms with Crippen LogP contribution in [-0.2, 0) is 17.8 Å². The number of amides is 2. The van der Waals surface area contributed by atoms with Gasteiger partial charge in [0.2, 0.25) is 0 Å². The van der Waals surface area contributed by atoms with Crippen molar-refractivity contribution in [2.75, 3.05) is 6.54 Å². The van der Waals surface area contributed by atoms with Gasteiger partial charge in [0.1, 0.15) is 0 Å². The Morgan fingerprint density at radius 2 is 2.00 bits per heavy atom. The molecular formula is C15H22N2O2. The molecule has 1 aliphatic heterocycles. The quantitative estimate of drug-likeness (QED) is 0.858. The minimum Gasteiger partial charge on any atom is -0.371 e. The molecule has 1 aromatic carbocycles. The molecule has 0 spiro atoms. The number of carbonyl (C=O) groups is 1. The Kier molecular flexibility index (Phi) is 4.10. The number of fused-ring (bicyclic) bond motifs is 1. The highest BCUT2D eigenvalue weighted by molar-refractivity contribution is 5.74. The van der Waals surface area contributed by atoms with Crippen molar-refractivity contribution in [1.29, 1.82) is 0 Å². The fourth-order valence-electron chi connectivity index (χ4n) is 2.13. The van der Waals surface area contributed by atoms with Gasteiger partial charge in [-0.1, -0.05) is 24.3 Å². The van der Waals surface area contributed by atoms with E-state index in [1.807, 2.05) is 32.9 Å². The lowest BCUT2D eigenvalue weighted by Gasteiger charge is -2.26. The van der Waals surface area contributed by atoms with Gasteiger partial charge < -0.3 is 15.4 Å². The molecule has 0 radical (unpaired) electrons. The molecule has 19 heavy (non-hydrogen) atoms. The van der Waals surface area contributed by atoms with E-state index in [9.17, 15) is 4.79 Å². The van der Waals surface area contributed by atoms with Gasteiger partial charge in [-0.25, -0.2) is 4.79 Å². The first-order valence-electron chi connectivity index (χ1n) is 6.68. The van der Waals surface area contributed by atoms with Gasteiger partial charge in [-0.15, -0.1) is 0 Å². The van der Waals surface area contributed by atoms with Crippen LogP contribution in [0.5, 0.6) is 0 Å². The summed E-state index contributed by atoms with van der Waals surface area (Å²) in [6.07, 6.45) is 0.909. The summed E-state index contributed by atoms with van der Waals surface area (Å²) in [6.45, 7) is 7.04. The number of carbonyl (C=O) groups excluding carboxylic acids is 1. The Morgan fingerprint density at radius 3 is 2.68 bits per heavy atom. The summed E-state index contributed by atoms with van der Waals surface area (Å²) in [5, 5.41) is 5.74. The van der Waals surface area contributed by atoms with E-state index in [-0.39, 0.29) is 17.7 Å². The number of hydrogen-bond donors (Lipinski definition) is 2.